The number of nitrogens with zero attached hydrogens (tertiary/aromatic N) is 1. The van der Waals surface area contributed by atoms with E-state index in [0.717, 1.165) is 18.3 Å². The lowest BCUT2D eigenvalue weighted by Gasteiger charge is -2.26. The zero-order valence-corrected chi connectivity index (χ0v) is 16.7. The second-order valence-electron chi connectivity index (χ2n) is 8.33. The SMILES string of the molecule is CC[C@@H]1CCc2nc3sc4c(c3c(-c3ccccc3)c2C1)CC[C@H](C)C4. The molecule has 2 aliphatic carbocycles. The van der Waals surface area contributed by atoms with E-state index in [9.17, 15) is 0 Å². The average Bonchev–Trinajstić information content (AvgIpc) is 3.03. The van der Waals surface area contributed by atoms with Crippen LogP contribution in [0.25, 0.3) is 21.3 Å². The van der Waals surface area contributed by atoms with Gasteiger partial charge in [-0.15, -0.1) is 11.3 Å². The van der Waals surface area contributed by atoms with Crippen LogP contribution < -0.4 is 0 Å². The predicted octanol–water partition coefficient (Wildman–Crippen LogP) is 6.60. The van der Waals surface area contributed by atoms with Crippen LogP contribution >= 0.6 is 11.3 Å². The molecule has 3 aromatic rings. The Bertz CT molecular complexity index is 953. The number of hydrogen-bond donors (Lipinski definition) is 0. The van der Waals surface area contributed by atoms with Gasteiger partial charge in [-0.05, 0) is 72.6 Å². The van der Waals surface area contributed by atoms with Crippen LogP contribution in [-0.2, 0) is 25.7 Å². The van der Waals surface area contributed by atoms with Gasteiger partial charge in [0.2, 0.25) is 0 Å². The van der Waals surface area contributed by atoms with Crippen molar-refractivity contribution >= 4 is 21.6 Å². The van der Waals surface area contributed by atoms with Crippen LogP contribution in [-0.4, -0.2) is 4.98 Å². The number of thiophene rings is 1. The average molecular weight is 362 g/mol. The molecule has 2 aromatic heterocycles. The molecule has 26 heavy (non-hydrogen) atoms. The second kappa shape index (κ2) is 6.49. The van der Waals surface area contributed by atoms with Gasteiger partial charge >= 0.3 is 0 Å². The first-order valence-corrected chi connectivity index (χ1v) is 11.1. The van der Waals surface area contributed by atoms with Crippen molar-refractivity contribution in [3.05, 3.63) is 52.0 Å². The molecule has 0 saturated heterocycles. The molecule has 5 rings (SSSR count). The van der Waals surface area contributed by atoms with Gasteiger partial charge in [0.15, 0.2) is 0 Å². The Kier molecular flexibility index (Phi) is 4.12. The van der Waals surface area contributed by atoms with Crippen molar-refractivity contribution in [2.24, 2.45) is 11.8 Å². The first kappa shape index (κ1) is 16.5. The van der Waals surface area contributed by atoms with Gasteiger partial charge in [0.25, 0.3) is 0 Å². The van der Waals surface area contributed by atoms with Gasteiger partial charge in [0.1, 0.15) is 4.83 Å². The Hall–Kier alpha value is -1.67. The summed E-state index contributed by atoms with van der Waals surface area (Å²) in [7, 11) is 0. The molecule has 0 aliphatic heterocycles. The third kappa shape index (κ3) is 2.62. The molecule has 0 amide bonds. The van der Waals surface area contributed by atoms with E-state index in [0.29, 0.717) is 0 Å². The molecule has 0 unspecified atom stereocenters. The summed E-state index contributed by atoms with van der Waals surface area (Å²) < 4.78 is 0. The van der Waals surface area contributed by atoms with Crippen LogP contribution in [0.15, 0.2) is 30.3 Å². The summed E-state index contributed by atoms with van der Waals surface area (Å²) in [4.78, 5) is 8.13. The molecule has 0 bridgehead atoms. The maximum Gasteiger partial charge on any atom is 0.124 e. The van der Waals surface area contributed by atoms with Crippen LogP contribution in [0.1, 0.15) is 54.8 Å². The number of fused-ring (bicyclic) bond motifs is 4. The summed E-state index contributed by atoms with van der Waals surface area (Å²) in [6.45, 7) is 4.74. The summed E-state index contributed by atoms with van der Waals surface area (Å²) in [5, 5.41) is 1.50. The lowest BCUT2D eigenvalue weighted by atomic mass is 9.79. The molecule has 1 nitrogen and oxygen atoms in total. The van der Waals surface area contributed by atoms with Crippen molar-refractivity contribution in [1.82, 2.24) is 4.98 Å². The van der Waals surface area contributed by atoms with Gasteiger partial charge in [-0.2, -0.15) is 0 Å². The summed E-state index contributed by atoms with van der Waals surface area (Å²) in [6, 6.07) is 11.1. The van der Waals surface area contributed by atoms with E-state index in [1.54, 1.807) is 16.0 Å². The van der Waals surface area contributed by atoms with E-state index >= 15 is 0 Å². The fourth-order valence-corrected chi connectivity index (χ4v) is 6.40. The molecule has 0 saturated carbocycles. The maximum absolute atomic E-state index is 5.22. The van der Waals surface area contributed by atoms with E-state index in [4.69, 9.17) is 4.98 Å². The van der Waals surface area contributed by atoms with Crippen LogP contribution in [0.4, 0.5) is 0 Å². The molecule has 0 fully saturated rings. The zero-order valence-electron chi connectivity index (χ0n) is 15.8. The minimum absolute atomic E-state index is 0.815. The lowest BCUT2D eigenvalue weighted by Crippen LogP contribution is -2.16. The third-order valence-corrected chi connectivity index (χ3v) is 7.70. The number of hydrogen-bond acceptors (Lipinski definition) is 2. The van der Waals surface area contributed by atoms with Crippen LogP contribution in [0.5, 0.6) is 0 Å². The van der Waals surface area contributed by atoms with Gasteiger partial charge in [-0.25, -0.2) is 4.98 Å². The first-order chi connectivity index (χ1) is 12.7. The van der Waals surface area contributed by atoms with E-state index < -0.39 is 0 Å². The van der Waals surface area contributed by atoms with E-state index in [1.165, 1.54) is 65.6 Å². The van der Waals surface area contributed by atoms with Gasteiger partial charge in [-0.3, -0.25) is 0 Å². The van der Waals surface area contributed by atoms with Crippen LogP contribution in [0, 0.1) is 11.8 Å². The standard InChI is InChI=1S/C24H27NS/c1-3-16-10-12-20-19(14-16)22(17-7-5-4-6-8-17)23-18-11-9-15(2)13-21(18)26-24(23)25-20/h4-8,15-16H,3,9-14H2,1-2H3/t15-,16+/m0/s1. The summed E-state index contributed by atoms with van der Waals surface area (Å²) in [5.41, 5.74) is 7.48. The Morgan fingerprint density at radius 2 is 1.88 bits per heavy atom. The second-order valence-corrected chi connectivity index (χ2v) is 9.41. The molecule has 0 N–H and O–H groups in total. The smallest absolute Gasteiger partial charge is 0.124 e. The minimum Gasteiger partial charge on any atom is -0.242 e. The summed E-state index contributed by atoms with van der Waals surface area (Å²) >= 11 is 1.98. The Labute approximate surface area is 160 Å². The summed E-state index contributed by atoms with van der Waals surface area (Å²) in [5.74, 6) is 1.63. The molecule has 0 spiro atoms. The van der Waals surface area contributed by atoms with Crippen molar-refractivity contribution in [2.45, 2.75) is 58.8 Å². The molecule has 0 radical (unpaired) electrons. The summed E-state index contributed by atoms with van der Waals surface area (Å²) in [6.07, 6.45) is 8.74. The highest BCUT2D eigenvalue weighted by Gasteiger charge is 2.28. The maximum atomic E-state index is 5.22. The van der Waals surface area contributed by atoms with Crippen molar-refractivity contribution in [2.75, 3.05) is 0 Å². The van der Waals surface area contributed by atoms with E-state index in [1.807, 2.05) is 11.3 Å². The van der Waals surface area contributed by atoms with Gasteiger partial charge in [0.05, 0.1) is 0 Å². The predicted molar refractivity (Wildman–Crippen MR) is 112 cm³/mol. The van der Waals surface area contributed by atoms with Gasteiger partial charge < -0.3 is 0 Å². The highest BCUT2D eigenvalue weighted by atomic mass is 32.1. The lowest BCUT2D eigenvalue weighted by molar-refractivity contribution is 0.441. The van der Waals surface area contributed by atoms with E-state index in [2.05, 4.69) is 44.2 Å². The molecule has 1 aromatic carbocycles. The quantitative estimate of drug-likeness (QED) is 0.501. The molecule has 2 atom stereocenters. The zero-order chi connectivity index (χ0) is 17.7. The molecule has 2 heteroatoms. The highest BCUT2D eigenvalue weighted by molar-refractivity contribution is 7.19. The van der Waals surface area contributed by atoms with Crippen molar-refractivity contribution in [3.8, 4) is 11.1 Å². The Morgan fingerprint density at radius 3 is 2.69 bits per heavy atom. The molecule has 2 heterocycles. The number of benzene rings is 1. The van der Waals surface area contributed by atoms with Gasteiger partial charge in [-0.1, -0.05) is 50.6 Å². The third-order valence-electron chi connectivity index (χ3n) is 6.55. The minimum atomic E-state index is 0.815. The molecule has 134 valence electrons. The highest BCUT2D eigenvalue weighted by Crippen LogP contribution is 2.45. The monoisotopic (exact) mass is 361 g/mol. The molecular formula is C24H27NS. The first-order valence-electron chi connectivity index (χ1n) is 10.3. The topological polar surface area (TPSA) is 12.9 Å². The van der Waals surface area contributed by atoms with Crippen molar-refractivity contribution < 1.29 is 0 Å². The number of aromatic nitrogens is 1. The van der Waals surface area contributed by atoms with Gasteiger partial charge in [0, 0.05) is 16.0 Å². The van der Waals surface area contributed by atoms with Crippen LogP contribution in [0.3, 0.4) is 0 Å². The number of pyridine rings is 1. The van der Waals surface area contributed by atoms with Crippen molar-refractivity contribution in [1.29, 1.82) is 0 Å². The van der Waals surface area contributed by atoms with Crippen molar-refractivity contribution in [3.63, 3.8) is 0 Å². The number of rotatable bonds is 2. The number of aryl methyl sites for hydroxylation is 2. The molecular weight excluding hydrogens is 334 g/mol. The Balaban J connectivity index is 1.82. The van der Waals surface area contributed by atoms with E-state index in [-0.39, 0.29) is 0 Å². The normalized spacial score (nSPS) is 22.2. The molecule has 2 aliphatic rings. The fourth-order valence-electron chi connectivity index (χ4n) is 4.99. The van der Waals surface area contributed by atoms with Crippen LogP contribution in [0.2, 0.25) is 0 Å². The largest absolute Gasteiger partial charge is 0.242 e. The Morgan fingerprint density at radius 1 is 1.04 bits per heavy atom. The fraction of sp³-hybridized carbons (Fsp3) is 0.458.